The van der Waals surface area contributed by atoms with Crippen LogP contribution in [0.4, 0.5) is 0 Å². The minimum absolute atomic E-state index is 0.808. The Bertz CT molecular complexity index is 643. The summed E-state index contributed by atoms with van der Waals surface area (Å²) in [6.45, 7) is 15.1. The van der Waals surface area contributed by atoms with Crippen molar-refractivity contribution in [1.82, 2.24) is 0 Å². The first kappa shape index (κ1) is 48.9. The Balaban J connectivity index is 0. The van der Waals surface area contributed by atoms with Crippen LogP contribution in [0.25, 0.3) is 0 Å². The molecular weight excluding hydrogens is 603 g/mol. The molecule has 0 N–H and O–H groups in total. The minimum atomic E-state index is -4.41. The standard InChI is InChI=1S/C40H84N.CH4O4S/c1-5-9-11-13-15-17-19-21-23-25-27-29-31-33-35-37-39-41(7-3,8-4)40-38-36-34-32-30-28-26-24-22-20-18-16-14-12-10-6-2;1-5-6(2,3)4/h5-40H2,1-4H3;1H3,(H,2,3,4)/q+1;/p-1. The molecule has 0 radical (unpaired) electrons. The molecule has 0 aromatic rings. The van der Waals surface area contributed by atoms with E-state index < -0.39 is 10.4 Å². The van der Waals surface area contributed by atoms with E-state index in [1.54, 1.807) is 0 Å². The maximum Gasteiger partial charge on any atom is 0.217 e. The molecule has 0 rings (SSSR count). The molecule has 0 aromatic heterocycles. The fourth-order valence-corrected chi connectivity index (χ4v) is 6.96. The quantitative estimate of drug-likeness (QED) is 0.0282. The summed E-state index contributed by atoms with van der Waals surface area (Å²) in [5.41, 5.74) is 0. The van der Waals surface area contributed by atoms with E-state index in [-0.39, 0.29) is 0 Å². The van der Waals surface area contributed by atoms with Crippen LogP contribution in [0.3, 0.4) is 0 Å². The van der Waals surface area contributed by atoms with Crippen LogP contribution < -0.4 is 0 Å². The van der Waals surface area contributed by atoms with Gasteiger partial charge in [0, 0.05) is 0 Å². The largest absolute Gasteiger partial charge is 0.726 e. The number of hydrogen-bond donors (Lipinski definition) is 0. The van der Waals surface area contributed by atoms with Gasteiger partial charge in [-0.05, 0) is 39.5 Å². The van der Waals surface area contributed by atoms with Crippen molar-refractivity contribution < 1.29 is 21.6 Å². The molecule has 47 heavy (non-hydrogen) atoms. The molecule has 0 saturated heterocycles. The van der Waals surface area contributed by atoms with Crippen molar-refractivity contribution in [3.63, 3.8) is 0 Å². The van der Waals surface area contributed by atoms with Crippen LogP contribution in [0, 0.1) is 0 Å². The van der Waals surface area contributed by atoms with Crippen LogP contribution in [0.15, 0.2) is 0 Å². The Morgan fingerprint density at radius 1 is 0.383 bits per heavy atom. The Labute approximate surface area is 297 Å². The van der Waals surface area contributed by atoms with E-state index in [9.17, 15) is 13.0 Å². The molecule has 0 heterocycles. The van der Waals surface area contributed by atoms with Gasteiger partial charge in [0.15, 0.2) is 0 Å². The van der Waals surface area contributed by atoms with Gasteiger partial charge in [0.05, 0.1) is 33.3 Å². The van der Waals surface area contributed by atoms with Gasteiger partial charge in [0.25, 0.3) is 0 Å². The molecular formula is C41H87NO4S. The molecule has 0 atom stereocenters. The van der Waals surface area contributed by atoms with E-state index in [0.29, 0.717) is 0 Å². The molecule has 0 spiro atoms. The van der Waals surface area contributed by atoms with Crippen LogP contribution in [-0.4, -0.2) is 50.7 Å². The van der Waals surface area contributed by atoms with E-state index in [1.807, 2.05) is 0 Å². The molecule has 0 bridgehead atoms. The third-order valence-corrected chi connectivity index (χ3v) is 10.9. The molecule has 0 amide bonds. The Morgan fingerprint density at radius 2 is 0.553 bits per heavy atom. The van der Waals surface area contributed by atoms with Gasteiger partial charge >= 0.3 is 0 Å². The van der Waals surface area contributed by atoms with Crippen molar-refractivity contribution in [1.29, 1.82) is 0 Å². The first-order chi connectivity index (χ1) is 22.8. The molecule has 286 valence electrons. The molecule has 6 heteroatoms. The fraction of sp³-hybridized carbons (Fsp3) is 1.00. The molecule has 0 saturated carbocycles. The highest BCUT2D eigenvalue weighted by Gasteiger charge is 2.21. The van der Waals surface area contributed by atoms with Gasteiger partial charge in [-0.15, -0.1) is 0 Å². The van der Waals surface area contributed by atoms with Crippen LogP contribution in [0.1, 0.15) is 233 Å². The van der Waals surface area contributed by atoms with Crippen molar-refractivity contribution in [2.45, 2.75) is 233 Å². The summed E-state index contributed by atoms with van der Waals surface area (Å²) in [4.78, 5) is 0. The Morgan fingerprint density at radius 3 is 0.702 bits per heavy atom. The number of rotatable bonds is 37. The molecule has 0 aliphatic rings. The monoisotopic (exact) mass is 690 g/mol. The molecule has 0 aliphatic heterocycles. The lowest BCUT2D eigenvalue weighted by atomic mass is 10.0. The van der Waals surface area contributed by atoms with E-state index in [4.69, 9.17) is 0 Å². The predicted octanol–water partition coefficient (Wildman–Crippen LogP) is 13.5. The summed E-state index contributed by atoms with van der Waals surface area (Å²) in [6.07, 6.45) is 47.0. The smallest absolute Gasteiger partial charge is 0.217 e. The van der Waals surface area contributed by atoms with Gasteiger partial charge in [-0.3, -0.25) is 4.18 Å². The number of unbranched alkanes of at least 4 members (excludes halogenated alkanes) is 30. The van der Waals surface area contributed by atoms with Crippen molar-refractivity contribution >= 4 is 10.4 Å². The second kappa shape index (κ2) is 38.6. The van der Waals surface area contributed by atoms with Crippen molar-refractivity contribution in [2.75, 3.05) is 33.3 Å². The lowest BCUT2D eigenvalue weighted by Gasteiger charge is -2.37. The molecule has 0 fully saturated rings. The van der Waals surface area contributed by atoms with Gasteiger partial charge in [-0.1, -0.05) is 194 Å². The van der Waals surface area contributed by atoms with E-state index in [2.05, 4.69) is 31.9 Å². The second-order valence-corrected chi connectivity index (χ2v) is 15.8. The van der Waals surface area contributed by atoms with Crippen LogP contribution in [-0.2, 0) is 14.6 Å². The topological polar surface area (TPSA) is 66.4 Å². The number of quaternary nitrogens is 1. The zero-order valence-corrected chi connectivity index (χ0v) is 33.8. The van der Waals surface area contributed by atoms with Crippen LogP contribution >= 0.6 is 0 Å². The van der Waals surface area contributed by atoms with E-state index >= 15 is 0 Å². The summed E-state index contributed by atoms with van der Waals surface area (Å²) >= 11 is 0. The minimum Gasteiger partial charge on any atom is -0.726 e. The number of nitrogens with zero attached hydrogens (tertiary/aromatic N) is 1. The molecule has 0 unspecified atom stereocenters. The Kier molecular flexibility index (Phi) is 40.2. The zero-order valence-electron chi connectivity index (χ0n) is 32.9. The summed E-state index contributed by atoms with van der Waals surface area (Å²) in [6, 6.07) is 0. The number of hydrogen-bond acceptors (Lipinski definition) is 4. The third-order valence-electron chi connectivity index (χ3n) is 10.5. The normalized spacial score (nSPS) is 12.0. The highest BCUT2D eigenvalue weighted by Crippen LogP contribution is 2.18. The SMILES string of the molecule is CCCCCCCCCCCCCCCCCC[N+](CC)(CC)CCCCCCCCCCCCCCCCCC.COS(=O)(=O)[O-]. The van der Waals surface area contributed by atoms with Crippen LogP contribution in [0.2, 0.25) is 0 Å². The first-order valence-electron chi connectivity index (χ1n) is 21.2. The molecule has 0 aliphatic carbocycles. The molecule has 0 aromatic carbocycles. The fourth-order valence-electron chi connectivity index (χ4n) is 6.96. The van der Waals surface area contributed by atoms with Gasteiger partial charge in [0.2, 0.25) is 10.4 Å². The van der Waals surface area contributed by atoms with Crippen LogP contribution in [0.5, 0.6) is 0 Å². The summed E-state index contributed by atoms with van der Waals surface area (Å²) in [7, 11) is -3.60. The molecule has 5 nitrogen and oxygen atoms in total. The van der Waals surface area contributed by atoms with Crippen molar-refractivity contribution in [2.24, 2.45) is 0 Å². The average Bonchev–Trinajstić information content (AvgIpc) is 3.07. The van der Waals surface area contributed by atoms with Crippen molar-refractivity contribution in [3.05, 3.63) is 0 Å². The van der Waals surface area contributed by atoms with Gasteiger partial charge in [-0.25, -0.2) is 8.42 Å². The second-order valence-electron chi connectivity index (χ2n) is 14.6. The lowest BCUT2D eigenvalue weighted by Crippen LogP contribution is -2.49. The maximum atomic E-state index is 9.22. The highest BCUT2D eigenvalue weighted by molar-refractivity contribution is 7.80. The third kappa shape index (κ3) is 40.1. The summed E-state index contributed by atoms with van der Waals surface area (Å²) < 4.78 is 32.4. The summed E-state index contributed by atoms with van der Waals surface area (Å²) in [5, 5.41) is 0. The zero-order chi connectivity index (χ0) is 35.2. The average molecular weight is 690 g/mol. The first-order valence-corrected chi connectivity index (χ1v) is 22.5. The van der Waals surface area contributed by atoms with E-state index in [1.165, 1.54) is 236 Å². The Hall–Kier alpha value is -0.170. The van der Waals surface area contributed by atoms with Crippen molar-refractivity contribution in [3.8, 4) is 0 Å². The maximum absolute atomic E-state index is 9.22. The predicted molar refractivity (Wildman–Crippen MR) is 207 cm³/mol. The lowest BCUT2D eigenvalue weighted by molar-refractivity contribution is -0.925. The van der Waals surface area contributed by atoms with Gasteiger partial charge < -0.3 is 9.04 Å². The van der Waals surface area contributed by atoms with Gasteiger partial charge in [-0.2, -0.15) is 0 Å². The summed E-state index contributed by atoms with van der Waals surface area (Å²) in [5.74, 6) is 0. The van der Waals surface area contributed by atoms with E-state index in [0.717, 1.165) is 7.11 Å². The highest BCUT2D eigenvalue weighted by atomic mass is 32.3. The van der Waals surface area contributed by atoms with Gasteiger partial charge in [0.1, 0.15) is 0 Å².